The van der Waals surface area contributed by atoms with Crippen LogP contribution in [0, 0.1) is 0 Å². The lowest BCUT2D eigenvalue weighted by Crippen LogP contribution is -2.42. The van der Waals surface area contributed by atoms with E-state index in [4.69, 9.17) is 28.3 Å². The Morgan fingerprint density at radius 3 is 2.35 bits per heavy atom. The maximum atomic E-state index is 12.3. The number of pyridine rings is 1. The first-order valence-electron chi connectivity index (χ1n) is 5.00. The number of carboxylic acids is 1. The molecule has 1 aromatic rings. The molecule has 1 rings (SSSR count). The first-order valence-corrected chi connectivity index (χ1v) is 5.75. The van der Waals surface area contributed by atoms with Gasteiger partial charge in [-0.1, -0.05) is 23.2 Å². The molecule has 0 saturated carbocycles. The maximum absolute atomic E-state index is 12.3. The van der Waals surface area contributed by atoms with E-state index in [-0.39, 0.29) is 15.6 Å². The lowest BCUT2D eigenvalue weighted by Gasteiger charge is -2.22. The molecular formula is C10H7Cl2F3N2O3. The Hall–Kier alpha value is -1.54. The molecule has 0 spiro atoms. The van der Waals surface area contributed by atoms with Gasteiger partial charge in [-0.05, 0) is 12.1 Å². The average Bonchev–Trinajstić information content (AvgIpc) is 2.24. The van der Waals surface area contributed by atoms with Crippen LogP contribution in [-0.4, -0.2) is 46.1 Å². The second-order valence-electron chi connectivity index (χ2n) is 3.64. The summed E-state index contributed by atoms with van der Waals surface area (Å²) in [5, 5.41) is 8.11. The van der Waals surface area contributed by atoms with Crippen LogP contribution in [-0.2, 0) is 4.79 Å². The van der Waals surface area contributed by atoms with Gasteiger partial charge in [0, 0.05) is 0 Å². The minimum atomic E-state index is -4.74. The van der Waals surface area contributed by atoms with Crippen LogP contribution in [0.5, 0.6) is 0 Å². The Morgan fingerprint density at radius 2 is 1.90 bits per heavy atom. The average molecular weight is 331 g/mol. The van der Waals surface area contributed by atoms with Crippen LogP contribution in [0.25, 0.3) is 0 Å². The quantitative estimate of drug-likeness (QED) is 0.861. The molecule has 0 radical (unpaired) electrons. The van der Waals surface area contributed by atoms with Crippen LogP contribution in [0.2, 0.25) is 10.3 Å². The van der Waals surface area contributed by atoms with Gasteiger partial charge in [-0.3, -0.25) is 9.59 Å². The van der Waals surface area contributed by atoms with Crippen LogP contribution in [0.15, 0.2) is 12.1 Å². The highest BCUT2D eigenvalue weighted by molar-refractivity contribution is 6.34. The van der Waals surface area contributed by atoms with Gasteiger partial charge in [-0.2, -0.15) is 13.2 Å². The van der Waals surface area contributed by atoms with Gasteiger partial charge in [-0.25, -0.2) is 4.98 Å². The molecule has 0 unspecified atom stereocenters. The van der Waals surface area contributed by atoms with E-state index in [2.05, 4.69) is 4.98 Å². The largest absolute Gasteiger partial charge is 0.480 e. The summed E-state index contributed by atoms with van der Waals surface area (Å²) in [4.78, 5) is 26.0. The predicted octanol–water partition coefficient (Wildman–Crippen LogP) is 2.48. The molecule has 1 amide bonds. The third-order valence-corrected chi connectivity index (χ3v) is 2.53. The maximum Gasteiger partial charge on any atom is 0.406 e. The van der Waals surface area contributed by atoms with Gasteiger partial charge < -0.3 is 10.0 Å². The molecule has 0 atom stereocenters. The zero-order valence-electron chi connectivity index (χ0n) is 9.62. The van der Waals surface area contributed by atoms with E-state index in [0.29, 0.717) is 0 Å². The number of halogens is 5. The monoisotopic (exact) mass is 330 g/mol. The smallest absolute Gasteiger partial charge is 0.406 e. The van der Waals surface area contributed by atoms with Gasteiger partial charge >= 0.3 is 12.1 Å². The third kappa shape index (κ3) is 4.86. The van der Waals surface area contributed by atoms with E-state index < -0.39 is 36.3 Å². The number of hydrogen-bond acceptors (Lipinski definition) is 3. The Labute approximate surface area is 120 Å². The van der Waals surface area contributed by atoms with Crippen molar-refractivity contribution in [3.63, 3.8) is 0 Å². The number of nitrogens with zero attached hydrogens (tertiary/aromatic N) is 2. The van der Waals surface area contributed by atoms with Crippen LogP contribution in [0.4, 0.5) is 13.2 Å². The summed E-state index contributed by atoms with van der Waals surface area (Å²) in [6.07, 6.45) is -4.74. The Balaban J connectivity index is 3.06. The van der Waals surface area contributed by atoms with Gasteiger partial charge in [0.25, 0.3) is 5.91 Å². The minimum Gasteiger partial charge on any atom is -0.480 e. The van der Waals surface area contributed by atoms with Gasteiger partial charge in [0.15, 0.2) is 0 Å². The summed E-state index contributed by atoms with van der Waals surface area (Å²) in [7, 11) is 0. The van der Waals surface area contributed by atoms with E-state index in [1.807, 2.05) is 0 Å². The molecule has 0 aliphatic carbocycles. The van der Waals surface area contributed by atoms with E-state index in [0.717, 1.165) is 12.1 Å². The Bertz CT molecular complexity index is 537. The second-order valence-corrected chi connectivity index (χ2v) is 4.39. The summed E-state index contributed by atoms with van der Waals surface area (Å²) in [5.41, 5.74) is -0.360. The normalized spacial score (nSPS) is 11.2. The van der Waals surface area contributed by atoms with E-state index in [1.54, 1.807) is 0 Å². The molecule has 0 aliphatic rings. The Kier molecular flexibility index (Phi) is 5.18. The van der Waals surface area contributed by atoms with Crippen molar-refractivity contribution in [3.8, 4) is 0 Å². The Morgan fingerprint density at radius 1 is 1.30 bits per heavy atom. The van der Waals surface area contributed by atoms with Crippen molar-refractivity contribution in [1.29, 1.82) is 0 Å². The minimum absolute atomic E-state index is 0.0489. The molecule has 1 N–H and O–H groups in total. The molecule has 20 heavy (non-hydrogen) atoms. The highest BCUT2D eigenvalue weighted by Gasteiger charge is 2.35. The molecule has 0 bridgehead atoms. The van der Waals surface area contributed by atoms with Crippen LogP contribution in [0.3, 0.4) is 0 Å². The third-order valence-electron chi connectivity index (χ3n) is 2.03. The van der Waals surface area contributed by atoms with Crippen molar-refractivity contribution in [3.05, 3.63) is 28.0 Å². The predicted molar refractivity (Wildman–Crippen MR) is 63.9 cm³/mol. The van der Waals surface area contributed by atoms with Gasteiger partial charge in [-0.15, -0.1) is 0 Å². The number of carbonyl (C=O) groups is 2. The van der Waals surface area contributed by atoms with Crippen LogP contribution >= 0.6 is 23.2 Å². The van der Waals surface area contributed by atoms with E-state index in [1.165, 1.54) is 0 Å². The van der Waals surface area contributed by atoms with E-state index >= 15 is 0 Å². The fourth-order valence-corrected chi connectivity index (χ4v) is 1.75. The number of aliphatic carboxylic acids is 1. The molecule has 110 valence electrons. The molecule has 0 saturated heterocycles. The number of alkyl halides is 3. The highest BCUT2D eigenvalue weighted by Crippen LogP contribution is 2.21. The van der Waals surface area contributed by atoms with Crippen molar-refractivity contribution >= 4 is 35.1 Å². The number of rotatable bonds is 4. The lowest BCUT2D eigenvalue weighted by molar-refractivity contribution is -0.149. The zero-order valence-corrected chi connectivity index (χ0v) is 11.1. The summed E-state index contributed by atoms with van der Waals surface area (Å²) in [6.45, 7) is -2.83. The second kappa shape index (κ2) is 6.27. The number of amides is 1. The molecular weight excluding hydrogens is 324 g/mol. The first-order chi connectivity index (χ1) is 9.10. The fraction of sp³-hybridized carbons (Fsp3) is 0.300. The number of carboxylic acid groups (broad SMARTS) is 1. The van der Waals surface area contributed by atoms with Gasteiger partial charge in [0.05, 0.1) is 5.56 Å². The van der Waals surface area contributed by atoms with Crippen molar-refractivity contribution in [2.45, 2.75) is 6.18 Å². The fourth-order valence-electron chi connectivity index (χ4n) is 1.32. The SMILES string of the molecule is O=C(O)CN(CC(F)(F)F)C(=O)c1ccc(Cl)nc1Cl. The lowest BCUT2D eigenvalue weighted by atomic mass is 10.2. The topological polar surface area (TPSA) is 70.5 Å². The summed E-state index contributed by atoms with van der Waals surface area (Å²) < 4.78 is 37.0. The van der Waals surface area contributed by atoms with Gasteiger partial charge in [0.1, 0.15) is 23.4 Å². The molecule has 1 heterocycles. The first kappa shape index (κ1) is 16.5. The number of carbonyl (C=O) groups excluding carboxylic acids is 1. The van der Waals surface area contributed by atoms with E-state index in [9.17, 15) is 22.8 Å². The molecule has 0 aliphatic heterocycles. The van der Waals surface area contributed by atoms with Crippen molar-refractivity contribution in [2.24, 2.45) is 0 Å². The molecule has 0 aromatic carbocycles. The number of aromatic nitrogens is 1. The van der Waals surface area contributed by atoms with Crippen LogP contribution < -0.4 is 0 Å². The van der Waals surface area contributed by atoms with Gasteiger partial charge in [0.2, 0.25) is 0 Å². The van der Waals surface area contributed by atoms with Crippen molar-refractivity contribution in [2.75, 3.05) is 13.1 Å². The van der Waals surface area contributed by atoms with Crippen LogP contribution in [0.1, 0.15) is 10.4 Å². The number of hydrogen-bond donors (Lipinski definition) is 1. The van der Waals surface area contributed by atoms with Crippen molar-refractivity contribution in [1.82, 2.24) is 9.88 Å². The standard InChI is InChI=1S/C10H7Cl2F3N2O3/c11-6-2-1-5(8(12)16-6)9(20)17(3-7(18)19)4-10(13,14)15/h1-2H,3-4H2,(H,18,19). The molecule has 10 heteroatoms. The molecule has 0 fully saturated rings. The highest BCUT2D eigenvalue weighted by atomic mass is 35.5. The molecule has 5 nitrogen and oxygen atoms in total. The summed E-state index contributed by atoms with van der Waals surface area (Å²) >= 11 is 11.1. The van der Waals surface area contributed by atoms with Crippen molar-refractivity contribution < 1.29 is 27.9 Å². The summed E-state index contributed by atoms with van der Waals surface area (Å²) in [6, 6.07) is 2.23. The summed E-state index contributed by atoms with van der Waals surface area (Å²) in [5.74, 6) is -2.78. The molecule has 1 aromatic heterocycles. The zero-order chi connectivity index (χ0) is 15.5.